The molecule has 4 heteroatoms. The van der Waals surface area contributed by atoms with Crippen LogP contribution in [0.5, 0.6) is 0 Å². The SMILES string of the molecule is O=C(NC1CC1)c1ccccc1NC(=O)C1CC1. The van der Waals surface area contributed by atoms with E-state index in [0.29, 0.717) is 17.3 Å². The van der Waals surface area contributed by atoms with Gasteiger partial charge in [0, 0.05) is 12.0 Å². The van der Waals surface area contributed by atoms with E-state index in [9.17, 15) is 9.59 Å². The first kappa shape index (κ1) is 11.3. The molecule has 0 radical (unpaired) electrons. The summed E-state index contributed by atoms with van der Waals surface area (Å²) in [6.45, 7) is 0. The standard InChI is InChI=1S/C14H16N2O2/c17-13(9-5-6-9)16-12-4-2-1-3-11(12)14(18)15-10-7-8-10/h1-4,9-10H,5-8H2,(H,15,18)(H,16,17). The fourth-order valence-electron chi connectivity index (χ4n) is 1.86. The Kier molecular flexibility index (Phi) is 2.78. The first-order valence-electron chi connectivity index (χ1n) is 6.45. The lowest BCUT2D eigenvalue weighted by atomic mass is 10.1. The maximum absolute atomic E-state index is 12.0. The zero-order valence-electron chi connectivity index (χ0n) is 10.1. The number of carbonyl (C=O) groups is 2. The van der Waals surface area contributed by atoms with Gasteiger partial charge in [-0.2, -0.15) is 0 Å². The van der Waals surface area contributed by atoms with Crippen molar-refractivity contribution in [1.82, 2.24) is 5.32 Å². The molecule has 0 saturated heterocycles. The fraction of sp³-hybridized carbons (Fsp3) is 0.429. The molecule has 0 heterocycles. The van der Waals surface area contributed by atoms with Crippen LogP contribution < -0.4 is 10.6 Å². The summed E-state index contributed by atoms with van der Waals surface area (Å²) in [6.07, 6.45) is 4.04. The van der Waals surface area contributed by atoms with Gasteiger partial charge >= 0.3 is 0 Å². The van der Waals surface area contributed by atoms with E-state index in [2.05, 4.69) is 10.6 Å². The summed E-state index contributed by atoms with van der Waals surface area (Å²) in [7, 11) is 0. The van der Waals surface area contributed by atoms with Gasteiger partial charge in [-0.25, -0.2) is 0 Å². The zero-order valence-corrected chi connectivity index (χ0v) is 10.1. The van der Waals surface area contributed by atoms with Gasteiger partial charge in [-0.05, 0) is 37.8 Å². The molecule has 0 spiro atoms. The molecule has 2 aliphatic rings. The Morgan fingerprint density at radius 2 is 1.78 bits per heavy atom. The molecule has 2 N–H and O–H groups in total. The number of amides is 2. The number of hydrogen-bond acceptors (Lipinski definition) is 2. The van der Waals surface area contributed by atoms with Gasteiger partial charge in [0.25, 0.3) is 5.91 Å². The van der Waals surface area contributed by atoms with E-state index in [-0.39, 0.29) is 17.7 Å². The maximum Gasteiger partial charge on any atom is 0.253 e. The van der Waals surface area contributed by atoms with Crippen LogP contribution in [0.3, 0.4) is 0 Å². The number of anilines is 1. The normalized spacial score (nSPS) is 18.2. The molecule has 0 aliphatic heterocycles. The second-order valence-corrected chi connectivity index (χ2v) is 5.06. The lowest BCUT2D eigenvalue weighted by Crippen LogP contribution is -2.27. The third kappa shape index (κ3) is 2.53. The minimum Gasteiger partial charge on any atom is -0.349 e. The average Bonchev–Trinajstić information content (AvgIpc) is 3.23. The molecule has 4 nitrogen and oxygen atoms in total. The Labute approximate surface area is 106 Å². The van der Waals surface area contributed by atoms with Crippen LogP contribution in [0.25, 0.3) is 0 Å². The second-order valence-electron chi connectivity index (χ2n) is 5.06. The topological polar surface area (TPSA) is 58.2 Å². The van der Waals surface area contributed by atoms with Gasteiger partial charge in [-0.1, -0.05) is 12.1 Å². The molecule has 18 heavy (non-hydrogen) atoms. The quantitative estimate of drug-likeness (QED) is 0.850. The molecule has 94 valence electrons. The van der Waals surface area contributed by atoms with E-state index in [0.717, 1.165) is 25.7 Å². The molecule has 3 rings (SSSR count). The number of rotatable bonds is 4. The first-order valence-corrected chi connectivity index (χ1v) is 6.45. The van der Waals surface area contributed by atoms with Crippen molar-refractivity contribution in [2.24, 2.45) is 5.92 Å². The summed E-state index contributed by atoms with van der Waals surface area (Å²) in [5, 5.41) is 5.79. The number of para-hydroxylation sites is 1. The van der Waals surface area contributed by atoms with Crippen LogP contribution in [-0.4, -0.2) is 17.9 Å². The Bertz CT molecular complexity index is 490. The van der Waals surface area contributed by atoms with Gasteiger partial charge in [0.1, 0.15) is 0 Å². The summed E-state index contributed by atoms with van der Waals surface area (Å²) in [5.41, 5.74) is 1.17. The van der Waals surface area contributed by atoms with Crippen molar-refractivity contribution in [1.29, 1.82) is 0 Å². The van der Waals surface area contributed by atoms with E-state index in [1.165, 1.54) is 0 Å². The molecule has 0 aromatic heterocycles. The lowest BCUT2D eigenvalue weighted by molar-refractivity contribution is -0.117. The van der Waals surface area contributed by atoms with Crippen LogP contribution in [0.15, 0.2) is 24.3 Å². The highest BCUT2D eigenvalue weighted by Crippen LogP contribution is 2.30. The van der Waals surface area contributed by atoms with Crippen LogP contribution >= 0.6 is 0 Å². The van der Waals surface area contributed by atoms with E-state index in [4.69, 9.17) is 0 Å². The fourth-order valence-corrected chi connectivity index (χ4v) is 1.86. The largest absolute Gasteiger partial charge is 0.349 e. The summed E-state index contributed by atoms with van der Waals surface area (Å²) < 4.78 is 0. The molecule has 2 fully saturated rings. The third-order valence-corrected chi connectivity index (χ3v) is 3.29. The predicted octanol–water partition coefficient (Wildman–Crippen LogP) is 1.93. The van der Waals surface area contributed by atoms with Gasteiger partial charge in [-0.3, -0.25) is 9.59 Å². The van der Waals surface area contributed by atoms with Crippen molar-refractivity contribution >= 4 is 17.5 Å². The van der Waals surface area contributed by atoms with E-state index >= 15 is 0 Å². The van der Waals surface area contributed by atoms with Gasteiger partial charge in [-0.15, -0.1) is 0 Å². The molecule has 1 aromatic carbocycles. The Morgan fingerprint density at radius 3 is 2.44 bits per heavy atom. The van der Waals surface area contributed by atoms with Crippen LogP contribution in [0.2, 0.25) is 0 Å². The molecule has 1 aromatic rings. The number of carbonyl (C=O) groups excluding carboxylic acids is 2. The molecule has 2 aliphatic carbocycles. The molecule has 0 atom stereocenters. The number of hydrogen-bond donors (Lipinski definition) is 2. The van der Waals surface area contributed by atoms with Gasteiger partial charge in [0.2, 0.25) is 5.91 Å². The molecular weight excluding hydrogens is 228 g/mol. The summed E-state index contributed by atoms with van der Waals surface area (Å²) >= 11 is 0. The first-order chi connectivity index (χ1) is 8.74. The van der Waals surface area contributed by atoms with Crippen molar-refractivity contribution in [2.45, 2.75) is 31.7 Å². The maximum atomic E-state index is 12.0. The van der Waals surface area contributed by atoms with Crippen LogP contribution in [0.1, 0.15) is 36.0 Å². The monoisotopic (exact) mass is 244 g/mol. The van der Waals surface area contributed by atoms with Crippen molar-refractivity contribution < 1.29 is 9.59 Å². The summed E-state index contributed by atoms with van der Waals surface area (Å²) in [4.78, 5) is 23.8. The van der Waals surface area contributed by atoms with Crippen LogP contribution in [-0.2, 0) is 4.79 Å². The molecule has 0 bridgehead atoms. The van der Waals surface area contributed by atoms with Crippen molar-refractivity contribution in [3.8, 4) is 0 Å². The Balaban J connectivity index is 1.74. The van der Waals surface area contributed by atoms with Crippen LogP contribution in [0, 0.1) is 5.92 Å². The minimum absolute atomic E-state index is 0.0293. The van der Waals surface area contributed by atoms with Crippen molar-refractivity contribution in [2.75, 3.05) is 5.32 Å². The van der Waals surface area contributed by atoms with Crippen LogP contribution in [0.4, 0.5) is 5.69 Å². The van der Waals surface area contributed by atoms with Gasteiger partial charge < -0.3 is 10.6 Å². The highest BCUT2D eigenvalue weighted by Gasteiger charge is 2.30. The zero-order chi connectivity index (χ0) is 12.5. The second kappa shape index (κ2) is 4.44. The van der Waals surface area contributed by atoms with E-state index in [1.807, 2.05) is 12.1 Å². The Hall–Kier alpha value is -1.84. The average molecular weight is 244 g/mol. The molecular formula is C14H16N2O2. The Morgan fingerprint density at radius 1 is 1.06 bits per heavy atom. The highest BCUT2D eigenvalue weighted by molar-refractivity contribution is 6.04. The van der Waals surface area contributed by atoms with E-state index in [1.54, 1.807) is 12.1 Å². The van der Waals surface area contributed by atoms with Gasteiger partial charge in [0.15, 0.2) is 0 Å². The molecule has 2 amide bonds. The lowest BCUT2D eigenvalue weighted by Gasteiger charge is -2.10. The summed E-state index contributed by atoms with van der Waals surface area (Å²) in [6, 6.07) is 7.50. The summed E-state index contributed by atoms with van der Waals surface area (Å²) in [5.74, 6) is 0.0791. The number of benzene rings is 1. The van der Waals surface area contributed by atoms with Crippen molar-refractivity contribution in [3.63, 3.8) is 0 Å². The molecule has 0 unspecified atom stereocenters. The minimum atomic E-state index is -0.0933. The molecule has 2 saturated carbocycles. The number of nitrogens with one attached hydrogen (secondary N) is 2. The highest BCUT2D eigenvalue weighted by atomic mass is 16.2. The van der Waals surface area contributed by atoms with E-state index < -0.39 is 0 Å². The van der Waals surface area contributed by atoms with Gasteiger partial charge in [0.05, 0.1) is 11.3 Å². The smallest absolute Gasteiger partial charge is 0.253 e. The predicted molar refractivity (Wildman–Crippen MR) is 68.3 cm³/mol. The van der Waals surface area contributed by atoms with Crippen molar-refractivity contribution in [3.05, 3.63) is 29.8 Å². The third-order valence-electron chi connectivity index (χ3n) is 3.29.